The van der Waals surface area contributed by atoms with Crippen LogP contribution >= 0.6 is 0 Å². The van der Waals surface area contributed by atoms with Gasteiger partial charge in [0.2, 0.25) is 0 Å². The second kappa shape index (κ2) is 6.30. The predicted octanol–water partition coefficient (Wildman–Crippen LogP) is 5.25. The monoisotopic (exact) mass is 310 g/mol. The molecule has 1 rings (SSSR count). The van der Waals surface area contributed by atoms with E-state index in [0.717, 1.165) is 5.56 Å². The predicted molar refractivity (Wildman–Crippen MR) is 87.3 cm³/mol. The number of esters is 1. The van der Waals surface area contributed by atoms with Gasteiger partial charge < -0.3 is 8.84 Å². The van der Waals surface area contributed by atoms with Crippen LogP contribution in [0.1, 0.15) is 47.1 Å². The highest BCUT2D eigenvalue weighted by atomic mass is 28.4. The summed E-state index contributed by atoms with van der Waals surface area (Å²) in [4.78, 5) is 12.1. The SMILES string of the molecule is CC(C)(C)[Si](F)(CC(=O)OCc1ccccc1)C(C)(C)C. The summed E-state index contributed by atoms with van der Waals surface area (Å²) in [5, 5.41) is -1.01. The molecule has 0 fully saturated rings. The number of hydrogen-bond acceptors (Lipinski definition) is 2. The molecule has 0 N–H and O–H groups in total. The molecule has 0 heterocycles. The van der Waals surface area contributed by atoms with Crippen LogP contribution in [-0.2, 0) is 16.1 Å². The van der Waals surface area contributed by atoms with Crippen LogP contribution in [0.5, 0.6) is 0 Å². The van der Waals surface area contributed by atoms with Crippen molar-refractivity contribution in [3.8, 4) is 0 Å². The lowest BCUT2D eigenvalue weighted by Gasteiger charge is -2.43. The third-order valence-corrected chi connectivity index (χ3v) is 9.54. The minimum atomic E-state index is -3.33. The van der Waals surface area contributed by atoms with Gasteiger partial charge in [-0.2, -0.15) is 0 Å². The third-order valence-electron chi connectivity index (χ3n) is 4.01. The highest BCUT2D eigenvalue weighted by Gasteiger charge is 2.56. The lowest BCUT2D eigenvalue weighted by atomic mass is 10.2. The number of carbonyl (C=O) groups excluding carboxylic acids is 1. The van der Waals surface area contributed by atoms with E-state index in [1.54, 1.807) is 0 Å². The molecule has 0 radical (unpaired) electrons. The number of carbonyl (C=O) groups is 1. The van der Waals surface area contributed by atoms with Crippen LogP contribution < -0.4 is 0 Å². The van der Waals surface area contributed by atoms with E-state index in [4.69, 9.17) is 4.74 Å². The molecule has 0 bridgehead atoms. The van der Waals surface area contributed by atoms with Crippen molar-refractivity contribution in [3.05, 3.63) is 35.9 Å². The van der Waals surface area contributed by atoms with E-state index in [-0.39, 0.29) is 12.7 Å². The quantitative estimate of drug-likeness (QED) is 0.431. The zero-order valence-electron chi connectivity index (χ0n) is 14.0. The number of ether oxygens (including phenoxy) is 1. The Morgan fingerprint density at radius 2 is 1.52 bits per heavy atom. The van der Waals surface area contributed by atoms with Crippen molar-refractivity contribution >= 4 is 14.4 Å². The topological polar surface area (TPSA) is 26.3 Å². The molecule has 2 nitrogen and oxygen atoms in total. The Bertz CT molecular complexity index is 458. The third kappa shape index (κ3) is 4.40. The van der Waals surface area contributed by atoms with E-state index in [9.17, 15) is 4.79 Å². The normalized spacial score (nSPS) is 13.1. The van der Waals surface area contributed by atoms with Crippen LogP contribution in [0.15, 0.2) is 30.3 Å². The van der Waals surface area contributed by atoms with Gasteiger partial charge in [0.1, 0.15) is 6.61 Å². The van der Waals surface area contributed by atoms with Gasteiger partial charge in [-0.05, 0) is 15.6 Å². The van der Waals surface area contributed by atoms with Crippen LogP contribution in [0.3, 0.4) is 0 Å². The smallest absolute Gasteiger partial charge is 0.306 e. The lowest BCUT2D eigenvalue weighted by Crippen LogP contribution is -2.49. The molecule has 0 aliphatic rings. The van der Waals surface area contributed by atoms with Gasteiger partial charge in [-0.15, -0.1) is 0 Å². The average Bonchev–Trinajstić information content (AvgIpc) is 2.35. The minimum Gasteiger partial charge on any atom is -0.461 e. The van der Waals surface area contributed by atoms with Crippen molar-refractivity contribution in [2.45, 2.75) is 64.3 Å². The van der Waals surface area contributed by atoms with Gasteiger partial charge in [0.15, 0.2) is 0 Å². The molecule has 0 saturated carbocycles. The van der Waals surface area contributed by atoms with Gasteiger partial charge in [0, 0.05) is 0 Å². The molecule has 0 aromatic heterocycles. The fraction of sp³-hybridized carbons (Fsp3) is 0.588. The van der Waals surface area contributed by atoms with Gasteiger partial charge in [0.05, 0.1) is 6.04 Å². The first kappa shape index (κ1) is 17.9. The minimum absolute atomic E-state index is 0.0904. The Labute approximate surface area is 128 Å². The maximum absolute atomic E-state index is 15.6. The molecule has 0 unspecified atom stereocenters. The van der Waals surface area contributed by atoms with Crippen molar-refractivity contribution < 1.29 is 13.6 Å². The van der Waals surface area contributed by atoms with Crippen molar-refractivity contribution in [2.24, 2.45) is 0 Å². The lowest BCUT2D eigenvalue weighted by molar-refractivity contribution is -0.142. The van der Waals surface area contributed by atoms with E-state index < -0.39 is 24.5 Å². The van der Waals surface area contributed by atoms with Crippen molar-refractivity contribution in [3.63, 3.8) is 0 Å². The van der Waals surface area contributed by atoms with Crippen LogP contribution in [-0.4, -0.2) is 14.4 Å². The Balaban J connectivity index is 2.75. The molecule has 0 aliphatic heterocycles. The summed E-state index contributed by atoms with van der Waals surface area (Å²) in [6, 6.07) is 9.38. The van der Waals surface area contributed by atoms with E-state index in [0.29, 0.717) is 0 Å². The molecule has 0 amide bonds. The summed E-state index contributed by atoms with van der Waals surface area (Å²) in [5.74, 6) is -0.433. The van der Waals surface area contributed by atoms with E-state index in [1.165, 1.54) is 0 Å². The fourth-order valence-electron chi connectivity index (χ4n) is 2.64. The number of halogens is 1. The summed E-state index contributed by atoms with van der Waals surface area (Å²) in [5.41, 5.74) is 0.920. The Morgan fingerprint density at radius 3 is 1.95 bits per heavy atom. The first-order valence-corrected chi connectivity index (χ1v) is 9.44. The number of hydrogen-bond donors (Lipinski definition) is 0. The Morgan fingerprint density at radius 1 is 1.05 bits per heavy atom. The molecule has 0 spiro atoms. The summed E-state index contributed by atoms with van der Waals surface area (Å²) in [7, 11) is -3.33. The molecule has 0 aliphatic carbocycles. The van der Waals surface area contributed by atoms with Crippen molar-refractivity contribution in [1.29, 1.82) is 0 Å². The summed E-state index contributed by atoms with van der Waals surface area (Å²) >= 11 is 0. The molecule has 21 heavy (non-hydrogen) atoms. The van der Waals surface area contributed by atoms with E-state index in [2.05, 4.69) is 0 Å². The molecule has 4 heteroatoms. The van der Waals surface area contributed by atoms with Crippen molar-refractivity contribution in [1.82, 2.24) is 0 Å². The van der Waals surface area contributed by atoms with Gasteiger partial charge in [-0.1, -0.05) is 71.9 Å². The standard InChI is InChI=1S/C17H27FO2Si/c1-16(2,3)21(18,17(4,5)6)13-15(19)20-12-14-10-8-7-9-11-14/h7-11H,12-13H2,1-6H3. The summed E-state index contributed by atoms with van der Waals surface area (Å²) < 4.78 is 20.9. The van der Waals surface area contributed by atoms with Gasteiger partial charge in [0.25, 0.3) is 8.41 Å². The van der Waals surface area contributed by atoms with Crippen LogP contribution in [0.25, 0.3) is 0 Å². The zero-order chi connectivity index (χ0) is 16.3. The average molecular weight is 310 g/mol. The second-order valence-electron chi connectivity index (χ2n) is 7.62. The molecule has 0 saturated heterocycles. The Hall–Kier alpha value is -1.16. The molecular formula is C17H27FO2Si. The fourth-order valence-corrected chi connectivity index (χ4v) is 6.45. The van der Waals surface area contributed by atoms with Gasteiger partial charge >= 0.3 is 5.97 Å². The molecule has 0 atom stereocenters. The number of rotatable bonds is 4. The molecule has 118 valence electrons. The first-order valence-electron chi connectivity index (χ1n) is 7.36. The molecule has 1 aromatic rings. The van der Waals surface area contributed by atoms with Crippen LogP contribution in [0.4, 0.5) is 4.11 Å². The highest BCUT2D eigenvalue weighted by molar-refractivity contribution is 6.81. The van der Waals surface area contributed by atoms with E-state index in [1.807, 2.05) is 71.9 Å². The first-order chi connectivity index (χ1) is 9.47. The summed E-state index contributed by atoms with van der Waals surface area (Å²) in [6.45, 7) is 11.5. The molecular weight excluding hydrogens is 283 g/mol. The summed E-state index contributed by atoms with van der Waals surface area (Å²) in [6.07, 6.45) is 0. The van der Waals surface area contributed by atoms with E-state index >= 15 is 4.11 Å². The zero-order valence-corrected chi connectivity index (χ0v) is 15.0. The highest BCUT2D eigenvalue weighted by Crippen LogP contribution is 2.54. The van der Waals surface area contributed by atoms with Gasteiger partial charge in [-0.25, -0.2) is 0 Å². The Kier molecular flexibility index (Phi) is 5.37. The van der Waals surface area contributed by atoms with Crippen molar-refractivity contribution in [2.75, 3.05) is 0 Å². The molecule has 1 aromatic carbocycles. The van der Waals surface area contributed by atoms with Crippen LogP contribution in [0, 0.1) is 0 Å². The maximum Gasteiger partial charge on any atom is 0.306 e. The largest absolute Gasteiger partial charge is 0.461 e. The maximum atomic E-state index is 15.6. The van der Waals surface area contributed by atoms with Crippen LogP contribution in [0.2, 0.25) is 16.1 Å². The number of benzene rings is 1. The second-order valence-corrected chi connectivity index (χ2v) is 12.6. The van der Waals surface area contributed by atoms with Gasteiger partial charge in [-0.3, -0.25) is 4.79 Å².